The lowest BCUT2D eigenvalue weighted by molar-refractivity contribution is -0.119. The van der Waals surface area contributed by atoms with Gasteiger partial charge in [-0.05, 0) is 62.1 Å². The Morgan fingerprint density at radius 2 is 1.85 bits per heavy atom. The number of nitrogens with one attached hydrogen (secondary N) is 1. The highest BCUT2D eigenvalue weighted by Gasteiger charge is 2.10. The molecule has 0 unspecified atom stereocenters. The number of para-hydroxylation sites is 2. The van der Waals surface area contributed by atoms with Crippen LogP contribution in [0.3, 0.4) is 0 Å². The monoisotopic (exact) mass is 365 g/mol. The first-order valence-corrected chi connectivity index (χ1v) is 9.42. The molecule has 0 fully saturated rings. The van der Waals surface area contributed by atoms with Crippen LogP contribution in [0.4, 0.5) is 0 Å². The largest absolute Gasteiger partial charge is 0.494 e. The van der Waals surface area contributed by atoms with Crippen molar-refractivity contribution < 1.29 is 9.53 Å². The minimum absolute atomic E-state index is 0.0459. The van der Waals surface area contributed by atoms with E-state index in [1.54, 1.807) is 0 Å². The molecule has 0 saturated carbocycles. The number of amides is 1. The molecule has 27 heavy (non-hydrogen) atoms. The van der Waals surface area contributed by atoms with Crippen LogP contribution >= 0.6 is 0 Å². The molecule has 0 atom stereocenters. The molecular weight excluding hydrogens is 338 g/mol. The summed E-state index contributed by atoms with van der Waals surface area (Å²) >= 11 is 0. The maximum atomic E-state index is 11.3. The smallest absolute Gasteiger partial charge is 0.217 e. The van der Waals surface area contributed by atoms with E-state index in [1.165, 1.54) is 18.1 Å². The number of fused-ring (bicyclic) bond motifs is 1. The summed E-state index contributed by atoms with van der Waals surface area (Å²) in [6, 6.07) is 14.4. The number of hydrogen-bond donors (Lipinski definition) is 1. The van der Waals surface area contributed by atoms with Gasteiger partial charge in [0.2, 0.25) is 5.91 Å². The lowest BCUT2D eigenvalue weighted by atomic mass is 10.1. The van der Waals surface area contributed by atoms with Gasteiger partial charge in [0.1, 0.15) is 11.6 Å². The number of carbonyl (C=O) groups is 1. The number of aromatic nitrogens is 2. The Kier molecular flexibility index (Phi) is 6.12. The van der Waals surface area contributed by atoms with Crippen molar-refractivity contribution in [2.75, 3.05) is 6.61 Å². The minimum Gasteiger partial charge on any atom is -0.494 e. The molecule has 5 nitrogen and oxygen atoms in total. The van der Waals surface area contributed by atoms with E-state index in [2.05, 4.69) is 53.0 Å². The highest BCUT2D eigenvalue weighted by Crippen LogP contribution is 2.18. The zero-order valence-electron chi connectivity index (χ0n) is 16.3. The predicted molar refractivity (Wildman–Crippen MR) is 108 cm³/mol. The number of unbranched alkanes of at least 4 members (excludes halogenated alkanes) is 1. The molecule has 2 aromatic carbocycles. The van der Waals surface area contributed by atoms with E-state index in [1.807, 2.05) is 18.2 Å². The summed E-state index contributed by atoms with van der Waals surface area (Å²) in [6.45, 7) is 7.68. The van der Waals surface area contributed by atoms with Crippen LogP contribution in [0.1, 0.15) is 36.7 Å². The second kappa shape index (κ2) is 8.71. The van der Waals surface area contributed by atoms with E-state index in [9.17, 15) is 4.79 Å². The van der Waals surface area contributed by atoms with Crippen LogP contribution in [0.2, 0.25) is 0 Å². The van der Waals surface area contributed by atoms with Gasteiger partial charge in [-0.25, -0.2) is 4.98 Å². The van der Waals surface area contributed by atoms with Gasteiger partial charge in [-0.3, -0.25) is 4.79 Å². The average Bonchev–Trinajstić information content (AvgIpc) is 2.96. The molecule has 0 spiro atoms. The summed E-state index contributed by atoms with van der Waals surface area (Å²) in [7, 11) is 0. The maximum Gasteiger partial charge on any atom is 0.217 e. The van der Waals surface area contributed by atoms with Gasteiger partial charge in [0, 0.05) is 13.5 Å². The third kappa shape index (κ3) is 5.09. The number of carbonyl (C=O) groups excluding carboxylic acids is 1. The molecule has 1 aromatic heterocycles. The number of rotatable bonds is 8. The Hall–Kier alpha value is -2.82. The van der Waals surface area contributed by atoms with E-state index < -0.39 is 0 Å². The van der Waals surface area contributed by atoms with Gasteiger partial charge in [-0.15, -0.1) is 0 Å². The molecule has 0 aliphatic heterocycles. The van der Waals surface area contributed by atoms with E-state index in [0.29, 0.717) is 13.2 Å². The van der Waals surface area contributed by atoms with E-state index in [4.69, 9.17) is 4.74 Å². The fraction of sp³-hybridized carbons (Fsp3) is 0.364. The predicted octanol–water partition coefficient (Wildman–Crippen LogP) is 4.15. The third-order valence-electron chi connectivity index (χ3n) is 4.47. The minimum atomic E-state index is -0.0459. The van der Waals surface area contributed by atoms with E-state index in [0.717, 1.165) is 42.0 Å². The molecule has 0 aliphatic carbocycles. The lowest BCUT2D eigenvalue weighted by Crippen LogP contribution is -2.21. The summed E-state index contributed by atoms with van der Waals surface area (Å²) in [4.78, 5) is 15.9. The van der Waals surface area contributed by atoms with E-state index in [-0.39, 0.29) is 5.91 Å². The van der Waals surface area contributed by atoms with Gasteiger partial charge in [0.15, 0.2) is 0 Å². The lowest BCUT2D eigenvalue weighted by Gasteiger charge is -2.11. The van der Waals surface area contributed by atoms with Crippen LogP contribution < -0.4 is 10.1 Å². The highest BCUT2D eigenvalue weighted by molar-refractivity contribution is 5.76. The summed E-state index contributed by atoms with van der Waals surface area (Å²) in [5.74, 6) is 1.78. The highest BCUT2D eigenvalue weighted by atomic mass is 16.5. The fourth-order valence-corrected chi connectivity index (χ4v) is 3.29. The topological polar surface area (TPSA) is 56.2 Å². The molecule has 1 amide bonds. The third-order valence-corrected chi connectivity index (χ3v) is 4.47. The van der Waals surface area contributed by atoms with Crippen LogP contribution in [-0.2, 0) is 17.9 Å². The normalized spacial score (nSPS) is 10.9. The zero-order chi connectivity index (χ0) is 19.2. The number of benzene rings is 2. The maximum absolute atomic E-state index is 11.3. The molecular formula is C22H27N3O2. The van der Waals surface area contributed by atoms with Gasteiger partial charge in [0.25, 0.3) is 0 Å². The first-order chi connectivity index (χ1) is 13.0. The van der Waals surface area contributed by atoms with Crippen LogP contribution in [0.15, 0.2) is 42.5 Å². The van der Waals surface area contributed by atoms with E-state index >= 15 is 0 Å². The van der Waals surface area contributed by atoms with Gasteiger partial charge >= 0.3 is 0 Å². The second-order valence-corrected chi connectivity index (χ2v) is 6.96. The molecule has 0 bridgehead atoms. The van der Waals surface area contributed by atoms with Crippen LogP contribution in [-0.4, -0.2) is 22.1 Å². The number of nitrogens with zero attached hydrogens (tertiary/aromatic N) is 2. The van der Waals surface area contributed by atoms with Crippen molar-refractivity contribution in [2.45, 2.75) is 46.7 Å². The Balaban J connectivity index is 1.59. The molecule has 0 aliphatic rings. The molecule has 1 N–H and O–H groups in total. The number of ether oxygens (including phenoxy) is 1. The SMILES string of the molecule is CC(=O)NCc1nc2ccccc2n1CCCCOc1cc(C)cc(C)c1. The Labute approximate surface area is 160 Å². The van der Waals surface area contributed by atoms with Gasteiger partial charge in [-0.2, -0.15) is 0 Å². The molecule has 0 saturated heterocycles. The first-order valence-electron chi connectivity index (χ1n) is 9.42. The molecule has 142 valence electrons. The summed E-state index contributed by atoms with van der Waals surface area (Å²) < 4.78 is 8.10. The molecule has 3 rings (SSSR count). The van der Waals surface area contributed by atoms with Crippen molar-refractivity contribution in [3.05, 3.63) is 59.4 Å². The van der Waals surface area contributed by atoms with Crippen LogP contribution in [0.25, 0.3) is 11.0 Å². The van der Waals surface area contributed by atoms with Crippen LogP contribution in [0.5, 0.6) is 5.75 Å². The first kappa shape index (κ1) is 19.0. The van der Waals surface area contributed by atoms with Crippen molar-refractivity contribution in [3.8, 4) is 5.75 Å². The molecule has 5 heteroatoms. The average molecular weight is 365 g/mol. The van der Waals surface area contributed by atoms with Gasteiger partial charge in [0.05, 0.1) is 24.2 Å². The van der Waals surface area contributed by atoms with Crippen LogP contribution in [0, 0.1) is 13.8 Å². The standard InChI is InChI=1S/C22H27N3O2/c1-16-12-17(2)14-19(13-16)27-11-7-6-10-25-21-9-5-4-8-20(21)24-22(25)15-23-18(3)26/h4-5,8-9,12-14H,6-7,10-11,15H2,1-3H3,(H,23,26). The van der Waals surface area contributed by atoms with Crippen molar-refractivity contribution >= 4 is 16.9 Å². The molecule has 3 aromatic rings. The van der Waals surface area contributed by atoms with Gasteiger partial charge in [-0.1, -0.05) is 18.2 Å². The quantitative estimate of drug-likeness (QED) is 0.610. The Morgan fingerprint density at radius 1 is 1.11 bits per heavy atom. The fourth-order valence-electron chi connectivity index (χ4n) is 3.29. The summed E-state index contributed by atoms with van der Waals surface area (Å²) in [6.07, 6.45) is 1.94. The molecule has 0 radical (unpaired) electrons. The van der Waals surface area contributed by atoms with Crippen molar-refractivity contribution in [3.63, 3.8) is 0 Å². The summed E-state index contributed by atoms with van der Waals surface area (Å²) in [5.41, 5.74) is 4.51. The number of aryl methyl sites for hydroxylation is 3. The van der Waals surface area contributed by atoms with Crippen molar-refractivity contribution in [1.82, 2.24) is 14.9 Å². The second-order valence-electron chi connectivity index (χ2n) is 6.96. The number of hydrogen-bond acceptors (Lipinski definition) is 3. The Bertz CT molecular complexity index is 910. The summed E-state index contributed by atoms with van der Waals surface area (Å²) in [5, 5.41) is 2.85. The zero-order valence-corrected chi connectivity index (χ0v) is 16.3. The molecule has 1 heterocycles. The number of imidazole rings is 1. The van der Waals surface area contributed by atoms with Gasteiger partial charge < -0.3 is 14.6 Å². The Morgan fingerprint density at radius 3 is 2.59 bits per heavy atom. The van der Waals surface area contributed by atoms with Crippen molar-refractivity contribution in [2.24, 2.45) is 0 Å². The van der Waals surface area contributed by atoms with Crippen molar-refractivity contribution in [1.29, 1.82) is 0 Å².